The second-order valence-corrected chi connectivity index (χ2v) is 7.26. The lowest BCUT2D eigenvalue weighted by molar-refractivity contribution is -0.121. The van der Waals surface area contributed by atoms with E-state index in [-0.39, 0.29) is 17.7 Å². The first-order valence-corrected chi connectivity index (χ1v) is 9.25. The van der Waals surface area contributed by atoms with Gasteiger partial charge >= 0.3 is 0 Å². The molecule has 0 spiro atoms. The van der Waals surface area contributed by atoms with Crippen LogP contribution in [0.1, 0.15) is 34.3 Å². The zero-order valence-corrected chi connectivity index (χ0v) is 15.8. The van der Waals surface area contributed by atoms with Crippen LogP contribution in [0.25, 0.3) is 0 Å². The zero-order valence-electron chi connectivity index (χ0n) is 15.1. The van der Waals surface area contributed by atoms with Crippen LogP contribution in [0.5, 0.6) is 0 Å². The minimum absolute atomic E-state index is 0.0289. The molecule has 1 aliphatic heterocycles. The summed E-state index contributed by atoms with van der Waals surface area (Å²) in [6, 6.07) is 13.2. The summed E-state index contributed by atoms with van der Waals surface area (Å²) in [5.41, 5.74) is 3.41. The van der Waals surface area contributed by atoms with Crippen LogP contribution in [-0.2, 0) is 4.79 Å². The van der Waals surface area contributed by atoms with E-state index in [2.05, 4.69) is 5.32 Å². The molecule has 1 heterocycles. The van der Waals surface area contributed by atoms with E-state index in [1.54, 1.807) is 0 Å². The quantitative estimate of drug-likeness (QED) is 0.867. The molecule has 0 aromatic heterocycles. The molecule has 1 saturated heterocycles. The van der Waals surface area contributed by atoms with Crippen LogP contribution in [0.15, 0.2) is 42.5 Å². The van der Waals surface area contributed by atoms with Gasteiger partial charge < -0.3 is 10.2 Å². The summed E-state index contributed by atoms with van der Waals surface area (Å²) in [6.45, 7) is 5.08. The van der Waals surface area contributed by atoms with E-state index < -0.39 is 0 Å². The number of nitrogens with one attached hydrogen (secondary N) is 1. The summed E-state index contributed by atoms with van der Waals surface area (Å²) in [6.07, 6.45) is 1.32. The third kappa shape index (κ3) is 4.07. The Morgan fingerprint density at radius 3 is 2.42 bits per heavy atom. The molecule has 0 aliphatic carbocycles. The number of aryl methyl sites for hydroxylation is 2. The second kappa shape index (κ2) is 7.92. The number of carbonyl (C=O) groups is 2. The summed E-state index contributed by atoms with van der Waals surface area (Å²) >= 11 is 6.19. The van der Waals surface area contributed by atoms with Gasteiger partial charge in [0.05, 0.1) is 10.7 Å². The molecule has 4 nitrogen and oxygen atoms in total. The highest BCUT2D eigenvalue weighted by atomic mass is 35.5. The van der Waals surface area contributed by atoms with Crippen molar-refractivity contribution in [3.8, 4) is 0 Å². The fourth-order valence-electron chi connectivity index (χ4n) is 3.28. The molecule has 136 valence electrons. The number of benzene rings is 2. The smallest absolute Gasteiger partial charge is 0.254 e. The van der Waals surface area contributed by atoms with Crippen LogP contribution in [0, 0.1) is 19.8 Å². The first-order chi connectivity index (χ1) is 12.5. The minimum Gasteiger partial charge on any atom is -0.339 e. The van der Waals surface area contributed by atoms with Crippen LogP contribution in [-0.4, -0.2) is 29.8 Å². The van der Waals surface area contributed by atoms with Gasteiger partial charge in [-0.05, 0) is 56.0 Å². The lowest BCUT2D eigenvalue weighted by Crippen LogP contribution is -2.41. The van der Waals surface area contributed by atoms with E-state index in [1.165, 1.54) is 0 Å². The van der Waals surface area contributed by atoms with Gasteiger partial charge in [-0.3, -0.25) is 9.59 Å². The molecule has 1 N–H and O–H groups in total. The van der Waals surface area contributed by atoms with Crippen LogP contribution >= 0.6 is 11.6 Å². The highest BCUT2D eigenvalue weighted by Crippen LogP contribution is 2.26. The van der Waals surface area contributed by atoms with E-state index in [9.17, 15) is 9.59 Å². The highest BCUT2D eigenvalue weighted by molar-refractivity contribution is 6.33. The monoisotopic (exact) mass is 370 g/mol. The summed E-state index contributed by atoms with van der Waals surface area (Å²) < 4.78 is 0. The Morgan fingerprint density at radius 2 is 1.77 bits per heavy atom. The number of rotatable bonds is 3. The Morgan fingerprint density at radius 1 is 1.08 bits per heavy atom. The van der Waals surface area contributed by atoms with Gasteiger partial charge in [-0.25, -0.2) is 0 Å². The predicted molar refractivity (Wildman–Crippen MR) is 105 cm³/mol. The first-order valence-electron chi connectivity index (χ1n) is 8.87. The second-order valence-electron chi connectivity index (χ2n) is 6.85. The van der Waals surface area contributed by atoms with Crippen LogP contribution < -0.4 is 5.32 Å². The molecule has 0 radical (unpaired) electrons. The molecule has 0 bridgehead atoms. The van der Waals surface area contributed by atoms with E-state index in [0.717, 1.165) is 16.7 Å². The average molecular weight is 371 g/mol. The molecule has 3 rings (SSSR count). The van der Waals surface area contributed by atoms with Gasteiger partial charge in [0.25, 0.3) is 5.91 Å². The van der Waals surface area contributed by atoms with Crippen molar-refractivity contribution in [1.29, 1.82) is 0 Å². The first kappa shape index (κ1) is 18.5. The number of likely N-dealkylation sites (tertiary alicyclic amines) is 1. The van der Waals surface area contributed by atoms with Crippen molar-refractivity contribution in [3.63, 3.8) is 0 Å². The van der Waals surface area contributed by atoms with Gasteiger partial charge in [-0.2, -0.15) is 0 Å². The molecule has 0 atom stereocenters. The van der Waals surface area contributed by atoms with Gasteiger partial charge in [0, 0.05) is 24.6 Å². The minimum atomic E-state index is -0.103. The third-order valence-corrected chi connectivity index (χ3v) is 5.22. The number of anilines is 1. The number of carbonyl (C=O) groups excluding carboxylic acids is 2. The normalized spacial score (nSPS) is 15.0. The number of nitrogens with zero attached hydrogens (tertiary/aromatic N) is 1. The van der Waals surface area contributed by atoms with Crippen LogP contribution in [0.4, 0.5) is 5.69 Å². The number of hydrogen-bond acceptors (Lipinski definition) is 2. The molecule has 2 aromatic rings. The Hall–Kier alpha value is -2.33. The van der Waals surface area contributed by atoms with Crippen LogP contribution in [0.2, 0.25) is 5.02 Å². The van der Waals surface area contributed by atoms with Gasteiger partial charge in [0.15, 0.2) is 0 Å². The van der Waals surface area contributed by atoms with Gasteiger partial charge in [-0.1, -0.05) is 35.9 Å². The summed E-state index contributed by atoms with van der Waals surface area (Å²) in [5.74, 6) is -0.0874. The molecule has 0 unspecified atom stereocenters. The van der Waals surface area contributed by atoms with Crippen molar-refractivity contribution in [2.75, 3.05) is 18.4 Å². The molecule has 1 aliphatic rings. The lowest BCUT2D eigenvalue weighted by atomic mass is 9.95. The molecule has 5 heteroatoms. The third-order valence-electron chi connectivity index (χ3n) is 4.91. The standard InChI is InChI=1S/C21H23ClN2O2/c1-14-7-8-19(18(22)13-14)23-20(25)16-9-11-24(12-10-16)21(26)17-6-4-3-5-15(17)2/h3-8,13,16H,9-12H2,1-2H3,(H,23,25). The maximum Gasteiger partial charge on any atom is 0.254 e. The summed E-state index contributed by atoms with van der Waals surface area (Å²) in [7, 11) is 0. The maximum atomic E-state index is 12.7. The Balaban J connectivity index is 1.59. The number of amides is 2. The average Bonchev–Trinajstić information content (AvgIpc) is 2.64. The Kier molecular flexibility index (Phi) is 5.62. The van der Waals surface area contributed by atoms with Crippen molar-refractivity contribution in [3.05, 3.63) is 64.2 Å². The fraction of sp³-hybridized carbons (Fsp3) is 0.333. The Labute approximate surface area is 159 Å². The predicted octanol–water partition coefficient (Wildman–Crippen LogP) is 4.45. The maximum absolute atomic E-state index is 12.7. The number of piperidine rings is 1. The Bertz CT molecular complexity index is 827. The number of halogens is 1. The van der Waals surface area contributed by atoms with E-state index in [0.29, 0.717) is 36.6 Å². The van der Waals surface area contributed by atoms with Crippen molar-refractivity contribution >= 4 is 29.1 Å². The SMILES string of the molecule is Cc1ccc(NC(=O)C2CCN(C(=O)c3ccccc3C)CC2)c(Cl)c1. The zero-order chi connectivity index (χ0) is 18.7. The number of hydrogen-bond donors (Lipinski definition) is 1. The molecular weight excluding hydrogens is 348 g/mol. The fourth-order valence-corrected chi connectivity index (χ4v) is 3.57. The molecule has 26 heavy (non-hydrogen) atoms. The van der Waals surface area contributed by atoms with Crippen molar-refractivity contribution in [2.24, 2.45) is 5.92 Å². The topological polar surface area (TPSA) is 49.4 Å². The van der Waals surface area contributed by atoms with E-state index >= 15 is 0 Å². The summed E-state index contributed by atoms with van der Waals surface area (Å²) in [5, 5.41) is 3.46. The molecule has 2 aromatic carbocycles. The van der Waals surface area contributed by atoms with Gasteiger partial charge in [-0.15, -0.1) is 0 Å². The highest BCUT2D eigenvalue weighted by Gasteiger charge is 2.28. The molecule has 1 fully saturated rings. The van der Waals surface area contributed by atoms with E-state index in [1.807, 2.05) is 61.2 Å². The van der Waals surface area contributed by atoms with Crippen molar-refractivity contribution in [1.82, 2.24) is 4.90 Å². The van der Waals surface area contributed by atoms with Crippen molar-refractivity contribution < 1.29 is 9.59 Å². The van der Waals surface area contributed by atoms with Gasteiger partial charge in [0.2, 0.25) is 5.91 Å². The van der Waals surface area contributed by atoms with E-state index in [4.69, 9.17) is 11.6 Å². The summed E-state index contributed by atoms with van der Waals surface area (Å²) in [4.78, 5) is 27.0. The van der Waals surface area contributed by atoms with Crippen molar-refractivity contribution in [2.45, 2.75) is 26.7 Å². The van der Waals surface area contributed by atoms with Crippen LogP contribution in [0.3, 0.4) is 0 Å². The molecule has 0 saturated carbocycles. The van der Waals surface area contributed by atoms with Gasteiger partial charge in [0.1, 0.15) is 0 Å². The largest absolute Gasteiger partial charge is 0.339 e. The molecule has 2 amide bonds. The lowest BCUT2D eigenvalue weighted by Gasteiger charge is -2.31. The molecular formula is C21H23ClN2O2.